The number of rotatable bonds is 4. The lowest BCUT2D eigenvalue weighted by molar-refractivity contribution is 0.103. The molecule has 2 aromatic rings. The van der Waals surface area contributed by atoms with Crippen LogP contribution in [0.5, 0.6) is 0 Å². The molecule has 0 aromatic heterocycles. The van der Waals surface area contributed by atoms with Crippen molar-refractivity contribution in [2.24, 2.45) is 0 Å². The molecule has 2 N–H and O–H groups in total. The molecule has 0 heterocycles. The zero-order chi connectivity index (χ0) is 14.7. The molecule has 0 spiro atoms. The van der Waals surface area contributed by atoms with E-state index in [4.69, 9.17) is 5.73 Å². The number of hydrogen-bond donors (Lipinski definition) is 1. The van der Waals surface area contributed by atoms with E-state index in [-0.39, 0.29) is 5.78 Å². The van der Waals surface area contributed by atoms with E-state index < -0.39 is 0 Å². The predicted octanol–water partition coefficient (Wildman–Crippen LogP) is 4.32. The number of nitrogen functional groups attached to an aromatic ring is 1. The zero-order valence-electron chi connectivity index (χ0n) is 12.3. The fourth-order valence-electron chi connectivity index (χ4n) is 2.31. The van der Waals surface area contributed by atoms with Crippen molar-refractivity contribution in [3.05, 3.63) is 64.7 Å². The molecular weight excluding hydrogens is 246 g/mol. The molecular formula is C18H21NO. The van der Waals surface area contributed by atoms with Gasteiger partial charge in [0.25, 0.3) is 0 Å². The summed E-state index contributed by atoms with van der Waals surface area (Å²) in [5.41, 5.74) is 10.1. The second kappa shape index (κ2) is 5.91. The lowest BCUT2D eigenvalue weighted by Gasteiger charge is -2.10. The van der Waals surface area contributed by atoms with Crippen molar-refractivity contribution in [3.63, 3.8) is 0 Å². The first-order valence-corrected chi connectivity index (χ1v) is 7.03. The van der Waals surface area contributed by atoms with Crippen LogP contribution in [0.1, 0.15) is 53.2 Å². The smallest absolute Gasteiger partial charge is 0.193 e. The van der Waals surface area contributed by atoms with Crippen molar-refractivity contribution in [1.29, 1.82) is 0 Å². The predicted molar refractivity (Wildman–Crippen MR) is 84.2 cm³/mol. The molecule has 0 amide bonds. The van der Waals surface area contributed by atoms with Crippen molar-refractivity contribution in [1.82, 2.24) is 0 Å². The van der Waals surface area contributed by atoms with Gasteiger partial charge in [-0.2, -0.15) is 0 Å². The van der Waals surface area contributed by atoms with E-state index in [1.165, 1.54) is 5.56 Å². The normalized spacial score (nSPS) is 12.2. The maximum Gasteiger partial charge on any atom is 0.193 e. The van der Waals surface area contributed by atoms with Crippen LogP contribution in [-0.2, 0) is 0 Å². The van der Waals surface area contributed by atoms with Gasteiger partial charge in [-0.1, -0.05) is 38.1 Å². The summed E-state index contributed by atoms with van der Waals surface area (Å²) in [5.74, 6) is 0.546. The SMILES string of the molecule is CCC(C)c1ccc(C(=O)c2cc(C)cc(N)c2)cc1. The van der Waals surface area contributed by atoms with Gasteiger partial charge in [0.1, 0.15) is 0 Å². The maximum absolute atomic E-state index is 12.4. The molecule has 0 aliphatic carbocycles. The van der Waals surface area contributed by atoms with Gasteiger partial charge in [-0.15, -0.1) is 0 Å². The van der Waals surface area contributed by atoms with Crippen molar-refractivity contribution in [2.75, 3.05) is 5.73 Å². The van der Waals surface area contributed by atoms with Gasteiger partial charge in [-0.25, -0.2) is 0 Å². The summed E-state index contributed by atoms with van der Waals surface area (Å²) < 4.78 is 0. The van der Waals surface area contributed by atoms with Crippen LogP contribution in [0.25, 0.3) is 0 Å². The van der Waals surface area contributed by atoms with Crippen LogP contribution in [-0.4, -0.2) is 5.78 Å². The Labute approximate surface area is 120 Å². The Bertz CT molecular complexity index is 594. The highest BCUT2D eigenvalue weighted by Crippen LogP contribution is 2.21. The Balaban J connectivity index is 2.29. The topological polar surface area (TPSA) is 43.1 Å². The van der Waals surface area contributed by atoms with E-state index in [0.29, 0.717) is 22.7 Å². The summed E-state index contributed by atoms with van der Waals surface area (Å²) in [6, 6.07) is 13.4. The van der Waals surface area contributed by atoms with E-state index in [1.54, 1.807) is 6.07 Å². The van der Waals surface area contributed by atoms with Crippen LogP contribution in [0.4, 0.5) is 5.69 Å². The molecule has 0 bridgehead atoms. The van der Waals surface area contributed by atoms with Crippen LogP contribution < -0.4 is 5.73 Å². The highest BCUT2D eigenvalue weighted by Gasteiger charge is 2.11. The number of ketones is 1. The zero-order valence-corrected chi connectivity index (χ0v) is 12.3. The Hall–Kier alpha value is -2.09. The number of hydrogen-bond acceptors (Lipinski definition) is 2. The van der Waals surface area contributed by atoms with Crippen LogP contribution in [0, 0.1) is 6.92 Å². The lowest BCUT2D eigenvalue weighted by Crippen LogP contribution is -2.03. The van der Waals surface area contributed by atoms with Gasteiger partial charge in [0.05, 0.1) is 0 Å². The molecule has 1 unspecified atom stereocenters. The summed E-state index contributed by atoms with van der Waals surface area (Å²) in [7, 11) is 0. The van der Waals surface area contributed by atoms with Crippen LogP contribution in [0.2, 0.25) is 0 Å². The van der Waals surface area contributed by atoms with E-state index >= 15 is 0 Å². The summed E-state index contributed by atoms with van der Waals surface area (Å²) in [6.45, 7) is 6.30. The molecule has 20 heavy (non-hydrogen) atoms. The minimum absolute atomic E-state index is 0.0242. The quantitative estimate of drug-likeness (QED) is 0.662. The molecule has 2 aromatic carbocycles. The molecule has 2 rings (SSSR count). The van der Waals surface area contributed by atoms with Crippen molar-refractivity contribution in [2.45, 2.75) is 33.1 Å². The highest BCUT2D eigenvalue weighted by atomic mass is 16.1. The standard InChI is InChI=1S/C18H21NO/c1-4-13(3)14-5-7-15(8-6-14)18(20)16-9-12(2)10-17(19)11-16/h5-11,13H,4,19H2,1-3H3. The van der Waals surface area contributed by atoms with Gasteiger partial charge in [-0.3, -0.25) is 4.79 Å². The van der Waals surface area contributed by atoms with Crippen molar-refractivity contribution < 1.29 is 4.79 Å². The van der Waals surface area contributed by atoms with Gasteiger partial charge >= 0.3 is 0 Å². The monoisotopic (exact) mass is 267 g/mol. The largest absolute Gasteiger partial charge is 0.399 e. The molecule has 0 aliphatic heterocycles. The van der Waals surface area contributed by atoms with Gasteiger partial charge in [0.15, 0.2) is 5.78 Å². The summed E-state index contributed by atoms with van der Waals surface area (Å²) in [6.07, 6.45) is 1.10. The van der Waals surface area contributed by atoms with Crippen LogP contribution in [0.15, 0.2) is 42.5 Å². The number of benzene rings is 2. The van der Waals surface area contributed by atoms with Gasteiger partial charge < -0.3 is 5.73 Å². The molecule has 0 saturated carbocycles. The summed E-state index contributed by atoms with van der Waals surface area (Å²) in [5, 5.41) is 0. The fraction of sp³-hybridized carbons (Fsp3) is 0.278. The summed E-state index contributed by atoms with van der Waals surface area (Å²) in [4.78, 5) is 12.4. The average molecular weight is 267 g/mol. The number of aryl methyl sites for hydroxylation is 1. The molecule has 2 heteroatoms. The molecule has 0 saturated heterocycles. The van der Waals surface area contributed by atoms with Crippen LogP contribution >= 0.6 is 0 Å². The van der Waals surface area contributed by atoms with Crippen LogP contribution in [0.3, 0.4) is 0 Å². The number of anilines is 1. The minimum atomic E-state index is 0.0242. The fourth-order valence-corrected chi connectivity index (χ4v) is 2.31. The van der Waals surface area contributed by atoms with Gasteiger partial charge in [0, 0.05) is 16.8 Å². The Kier molecular flexibility index (Phi) is 4.23. The second-order valence-corrected chi connectivity index (χ2v) is 5.39. The third-order valence-electron chi connectivity index (χ3n) is 3.72. The average Bonchev–Trinajstić information content (AvgIpc) is 2.45. The molecule has 0 aliphatic rings. The lowest BCUT2D eigenvalue weighted by atomic mass is 9.95. The first-order valence-electron chi connectivity index (χ1n) is 7.03. The number of nitrogens with two attached hydrogens (primary N) is 1. The van der Waals surface area contributed by atoms with E-state index in [2.05, 4.69) is 13.8 Å². The third kappa shape index (κ3) is 3.08. The molecule has 1 atom stereocenters. The molecule has 104 valence electrons. The second-order valence-electron chi connectivity index (χ2n) is 5.39. The van der Waals surface area contributed by atoms with E-state index in [9.17, 15) is 4.79 Å². The van der Waals surface area contributed by atoms with Gasteiger partial charge in [0.2, 0.25) is 0 Å². The number of carbonyl (C=O) groups excluding carboxylic acids is 1. The summed E-state index contributed by atoms with van der Waals surface area (Å²) >= 11 is 0. The van der Waals surface area contributed by atoms with E-state index in [0.717, 1.165) is 12.0 Å². The first kappa shape index (κ1) is 14.3. The Morgan fingerprint density at radius 2 is 1.75 bits per heavy atom. The number of carbonyl (C=O) groups is 1. The molecule has 2 nitrogen and oxygen atoms in total. The Morgan fingerprint density at radius 1 is 1.10 bits per heavy atom. The maximum atomic E-state index is 12.4. The Morgan fingerprint density at radius 3 is 2.30 bits per heavy atom. The minimum Gasteiger partial charge on any atom is -0.399 e. The van der Waals surface area contributed by atoms with Crippen molar-refractivity contribution in [3.8, 4) is 0 Å². The molecule has 0 fully saturated rings. The third-order valence-corrected chi connectivity index (χ3v) is 3.72. The molecule has 0 radical (unpaired) electrons. The van der Waals surface area contributed by atoms with Crippen molar-refractivity contribution >= 4 is 11.5 Å². The first-order chi connectivity index (χ1) is 9.51. The highest BCUT2D eigenvalue weighted by molar-refractivity contribution is 6.09. The van der Waals surface area contributed by atoms with E-state index in [1.807, 2.05) is 43.3 Å². The van der Waals surface area contributed by atoms with Gasteiger partial charge in [-0.05, 0) is 48.6 Å².